The van der Waals surface area contributed by atoms with E-state index in [0.29, 0.717) is 17.0 Å². The molecule has 2 aromatic heterocycles. The molecular formula is C21H14F5N5O2. The summed E-state index contributed by atoms with van der Waals surface area (Å²) in [6.07, 6.45) is 1.21. The van der Waals surface area contributed by atoms with Gasteiger partial charge in [0.2, 0.25) is 5.82 Å². The molecule has 0 aliphatic heterocycles. The second-order valence-electron chi connectivity index (χ2n) is 6.80. The molecule has 170 valence electrons. The van der Waals surface area contributed by atoms with E-state index in [9.17, 15) is 26.7 Å². The lowest BCUT2D eigenvalue weighted by Gasteiger charge is -2.08. The molecule has 0 radical (unpaired) electrons. The van der Waals surface area contributed by atoms with Gasteiger partial charge in [0.25, 0.3) is 5.91 Å². The van der Waals surface area contributed by atoms with E-state index in [4.69, 9.17) is 4.74 Å². The molecule has 0 aliphatic carbocycles. The number of nitrogens with zero attached hydrogens (tertiary/aromatic N) is 3. The molecule has 0 spiro atoms. The predicted octanol–water partition coefficient (Wildman–Crippen LogP) is 4.28. The van der Waals surface area contributed by atoms with Crippen molar-refractivity contribution in [3.05, 3.63) is 82.9 Å². The molecule has 4 rings (SSSR count). The Labute approximate surface area is 182 Å². The van der Waals surface area contributed by atoms with Crippen LogP contribution in [-0.2, 0) is 6.54 Å². The quantitative estimate of drug-likeness (QED) is 0.254. The van der Waals surface area contributed by atoms with E-state index in [0.717, 1.165) is 4.68 Å². The summed E-state index contributed by atoms with van der Waals surface area (Å²) in [6, 6.07) is 9.83. The topological polar surface area (TPSA) is 84.8 Å². The van der Waals surface area contributed by atoms with Crippen molar-refractivity contribution in [3.8, 4) is 17.0 Å². The summed E-state index contributed by atoms with van der Waals surface area (Å²) >= 11 is 0. The molecule has 2 heterocycles. The van der Waals surface area contributed by atoms with Crippen LogP contribution in [0.1, 0.15) is 16.1 Å². The van der Waals surface area contributed by atoms with Gasteiger partial charge in [-0.3, -0.25) is 14.6 Å². The second kappa shape index (κ2) is 8.73. The van der Waals surface area contributed by atoms with E-state index >= 15 is 0 Å². The number of nitrogens with one attached hydrogen (secondary N) is 2. The van der Waals surface area contributed by atoms with E-state index in [2.05, 4.69) is 20.6 Å². The van der Waals surface area contributed by atoms with Crippen LogP contribution in [0.3, 0.4) is 0 Å². The maximum atomic E-state index is 13.9. The zero-order chi connectivity index (χ0) is 23.7. The van der Waals surface area contributed by atoms with Gasteiger partial charge in [-0.25, -0.2) is 22.0 Å². The standard InChI is InChI=1S/C21H14F5N5O2/c1-33-11-4-2-3-10(7-11)13-8-14(29-28-13)21(32)27-15-5-6-31(30-15)9-12-16(22)18(24)20(26)19(25)17(12)23/h2-8H,9H2,1H3,(H,28,29)(H,27,30,32). The average Bonchev–Trinajstić information content (AvgIpc) is 3.49. The zero-order valence-electron chi connectivity index (χ0n) is 16.8. The van der Waals surface area contributed by atoms with Gasteiger partial charge in [-0.1, -0.05) is 12.1 Å². The van der Waals surface area contributed by atoms with Crippen molar-refractivity contribution >= 4 is 11.7 Å². The summed E-state index contributed by atoms with van der Waals surface area (Å²) in [5, 5.41) is 13.0. The SMILES string of the molecule is COc1cccc(-c2cc(C(=O)Nc3ccn(Cc4c(F)c(F)c(F)c(F)c4F)n3)[nH]n2)c1. The Balaban J connectivity index is 1.49. The highest BCUT2D eigenvalue weighted by atomic mass is 19.2. The Morgan fingerprint density at radius 1 is 1.03 bits per heavy atom. The molecule has 12 heteroatoms. The zero-order valence-corrected chi connectivity index (χ0v) is 16.8. The Bertz CT molecular complexity index is 1320. The fourth-order valence-electron chi connectivity index (χ4n) is 3.02. The molecule has 7 nitrogen and oxygen atoms in total. The first-order valence-electron chi connectivity index (χ1n) is 9.33. The summed E-state index contributed by atoms with van der Waals surface area (Å²) < 4.78 is 73.7. The number of benzene rings is 2. The van der Waals surface area contributed by atoms with Gasteiger partial charge in [0, 0.05) is 17.8 Å². The number of aromatic nitrogens is 4. The molecule has 1 amide bonds. The minimum atomic E-state index is -2.24. The lowest BCUT2D eigenvalue weighted by molar-refractivity contribution is 0.102. The first-order chi connectivity index (χ1) is 15.8. The Morgan fingerprint density at radius 3 is 2.42 bits per heavy atom. The molecule has 4 aromatic rings. The third kappa shape index (κ3) is 4.27. The normalized spacial score (nSPS) is 11.0. The number of carbonyl (C=O) groups is 1. The first-order valence-corrected chi connectivity index (χ1v) is 9.33. The second-order valence-corrected chi connectivity index (χ2v) is 6.80. The third-order valence-corrected chi connectivity index (χ3v) is 4.69. The molecule has 0 saturated carbocycles. The lowest BCUT2D eigenvalue weighted by atomic mass is 10.1. The number of halogens is 5. The fraction of sp³-hybridized carbons (Fsp3) is 0.0952. The van der Waals surface area contributed by atoms with Gasteiger partial charge in [0.15, 0.2) is 29.1 Å². The summed E-state index contributed by atoms with van der Waals surface area (Å²) in [6.45, 7) is -0.744. The molecule has 2 N–H and O–H groups in total. The molecule has 0 aliphatic rings. The van der Waals surface area contributed by atoms with Crippen LogP contribution < -0.4 is 10.1 Å². The summed E-state index contributed by atoms with van der Waals surface area (Å²) in [5.74, 6) is -10.2. The van der Waals surface area contributed by atoms with Crippen molar-refractivity contribution in [3.63, 3.8) is 0 Å². The largest absolute Gasteiger partial charge is 0.497 e. The minimum absolute atomic E-state index is 0.0126. The Kier molecular flexibility index (Phi) is 5.82. The number of methoxy groups -OCH3 is 1. The van der Waals surface area contributed by atoms with Gasteiger partial charge in [-0.2, -0.15) is 10.2 Å². The van der Waals surface area contributed by atoms with Crippen molar-refractivity contribution in [2.24, 2.45) is 0 Å². The number of carbonyl (C=O) groups excluding carboxylic acids is 1. The number of H-pyrrole nitrogens is 1. The van der Waals surface area contributed by atoms with E-state index in [1.165, 1.54) is 25.4 Å². The molecule has 0 saturated heterocycles. The maximum Gasteiger partial charge on any atom is 0.274 e. The van der Waals surface area contributed by atoms with Gasteiger partial charge >= 0.3 is 0 Å². The Morgan fingerprint density at radius 2 is 1.73 bits per heavy atom. The highest BCUT2D eigenvalue weighted by Crippen LogP contribution is 2.25. The molecule has 0 unspecified atom stereocenters. The van der Waals surface area contributed by atoms with E-state index < -0.39 is 47.1 Å². The number of hydrogen-bond acceptors (Lipinski definition) is 4. The van der Waals surface area contributed by atoms with E-state index in [-0.39, 0.29) is 11.5 Å². The van der Waals surface area contributed by atoms with Crippen molar-refractivity contribution in [2.75, 3.05) is 12.4 Å². The van der Waals surface area contributed by atoms with Gasteiger partial charge in [0.05, 0.1) is 24.9 Å². The first kappa shape index (κ1) is 22.0. The van der Waals surface area contributed by atoms with Crippen LogP contribution in [0.2, 0.25) is 0 Å². The van der Waals surface area contributed by atoms with Crippen LogP contribution in [0.25, 0.3) is 11.3 Å². The van der Waals surface area contributed by atoms with Crippen molar-refractivity contribution < 1.29 is 31.5 Å². The fourth-order valence-corrected chi connectivity index (χ4v) is 3.02. The number of aromatic amines is 1. The van der Waals surface area contributed by atoms with Gasteiger partial charge in [-0.15, -0.1) is 0 Å². The molecular weight excluding hydrogens is 449 g/mol. The van der Waals surface area contributed by atoms with Crippen LogP contribution >= 0.6 is 0 Å². The number of rotatable bonds is 6. The molecule has 2 aromatic carbocycles. The summed E-state index contributed by atoms with van der Waals surface area (Å²) in [7, 11) is 1.52. The maximum absolute atomic E-state index is 13.9. The number of amides is 1. The van der Waals surface area contributed by atoms with E-state index in [1.54, 1.807) is 24.3 Å². The van der Waals surface area contributed by atoms with Crippen molar-refractivity contribution in [1.82, 2.24) is 20.0 Å². The summed E-state index contributed by atoms with van der Waals surface area (Å²) in [4.78, 5) is 12.5. The van der Waals surface area contributed by atoms with Gasteiger partial charge in [-0.05, 0) is 18.2 Å². The number of anilines is 1. The molecule has 0 bridgehead atoms. The van der Waals surface area contributed by atoms with E-state index in [1.807, 2.05) is 0 Å². The Hall–Kier alpha value is -4.22. The number of ether oxygens (including phenoxy) is 1. The summed E-state index contributed by atoms with van der Waals surface area (Å²) in [5.41, 5.74) is 0.235. The molecule has 33 heavy (non-hydrogen) atoms. The van der Waals surface area contributed by atoms with Crippen LogP contribution in [0.4, 0.5) is 27.8 Å². The van der Waals surface area contributed by atoms with Gasteiger partial charge < -0.3 is 10.1 Å². The third-order valence-electron chi connectivity index (χ3n) is 4.69. The smallest absolute Gasteiger partial charge is 0.274 e. The minimum Gasteiger partial charge on any atom is -0.497 e. The van der Waals surface area contributed by atoms with Gasteiger partial charge in [0.1, 0.15) is 11.4 Å². The van der Waals surface area contributed by atoms with Crippen molar-refractivity contribution in [2.45, 2.75) is 6.54 Å². The van der Waals surface area contributed by atoms with Crippen LogP contribution in [-0.4, -0.2) is 33.0 Å². The monoisotopic (exact) mass is 463 g/mol. The van der Waals surface area contributed by atoms with Crippen molar-refractivity contribution in [1.29, 1.82) is 0 Å². The molecule has 0 fully saturated rings. The highest BCUT2D eigenvalue weighted by molar-refractivity contribution is 6.02. The predicted molar refractivity (Wildman–Crippen MR) is 106 cm³/mol. The highest BCUT2D eigenvalue weighted by Gasteiger charge is 2.26. The molecule has 0 atom stereocenters. The van der Waals surface area contributed by atoms with Crippen LogP contribution in [0, 0.1) is 29.1 Å². The van der Waals surface area contributed by atoms with Crippen LogP contribution in [0.15, 0.2) is 42.6 Å². The van der Waals surface area contributed by atoms with Crippen LogP contribution in [0.5, 0.6) is 5.75 Å². The number of hydrogen-bond donors (Lipinski definition) is 2. The average molecular weight is 463 g/mol. The lowest BCUT2D eigenvalue weighted by Crippen LogP contribution is -2.14.